The molecule has 0 saturated heterocycles. The average Bonchev–Trinajstić information content (AvgIpc) is 3.95. The summed E-state index contributed by atoms with van der Waals surface area (Å²) in [5.41, 5.74) is 15.8. The summed E-state index contributed by atoms with van der Waals surface area (Å²) in [6, 6.07) is 74.4. The van der Waals surface area contributed by atoms with Gasteiger partial charge in [-0.1, -0.05) is 146 Å². The Morgan fingerprint density at radius 1 is 0.316 bits per heavy atom. The lowest BCUT2D eigenvalue weighted by Crippen LogP contribution is -1.95. The highest BCUT2D eigenvalue weighted by molar-refractivity contribution is 6.17. The van der Waals surface area contributed by atoms with Crippen molar-refractivity contribution in [3.05, 3.63) is 206 Å². The Kier molecular flexibility index (Phi) is 6.93. The topological polar surface area (TPSA) is 23.0 Å². The molecule has 0 N–H and O–H groups in total. The van der Waals surface area contributed by atoms with E-state index >= 15 is 0 Å². The first-order valence-corrected chi connectivity index (χ1v) is 19.5. The maximum Gasteiger partial charge on any atom is 0.145 e. The van der Waals surface area contributed by atoms with Crippen LogP contribution in [0.5, 0.6) is 0 Å². The Bertz CT molecular complexity index is 3490. The molecule has 57 heavy (non-hydrogen) atoms. The predicted molar refractivity (Wildman–Crippen MR) is 239 cm³/mol. The third-order valence-corrected chi connectivity index (χ3v) is 11.7. The molecule has 12 rings (SSSR count). The van der Waals surface area contributed by atoms with E-state index in [4.69, 9.17) is 4.42 Å². The van der Waals surface area contributed by atoms with Crippen molar-refractivity contribution in [3.8, 4) is 44.8 Å². The summed E-state index contributed by atoms with van der Waals surface area (Å²) >= 11 is 0. The number of para-hydroxylation sites is 3. The van der Waals surface area contributed by atoms with Gasteiger partial charge in [-0.3, -0.25) is 0 Å². The standard InChI is InChI=1S/C54H34N2O/c1-3-13-35(14-4-1)36-23-27-40(28-24-36)55-47-20-10-7-17-42(47)44-29-25-39(34-51(44)55)38-26-31-49-46(33-38)43-18-8-11-21-48(43)56(49)50-32-30-41(37-15-5-2-6-16-37)54-53(50)45-19-9-12-22-52(45)57-54/h1-34H. The maximum absolute atomic E-state index is 6.69. The number of nitrogens with zero attached hydrogens (tertiary/aromatic N) is 2. The lowest BCUT2D eigenvalue weighted by Gasteiger charge is -2.12. The number of hydrogen-bond acceptors (Lipinski definition) is 1. The number of rotatable bonds is 5. The van der Waals surface area contributed by atoms with Crippen LogP contribution >= 0.6 is 0 Å². The molecule has 0 radical (unpaired) electrons. The molecular weight excluding hydrogens is 693 g/mol. The molecule has 3 aromatic heterocycles. The molecule has 0 spiro atoms. The number of aromatic nitrogens is 2. The molecule has 0 fully saturated rings. The molecule has 3 heteroatoms. The van der Waals surface area contributed by atoms with Gasteiger partial charge in [-0.15, -0.1) is 0 Å². The summed E-state index contributed by atoms with van der Waals surface area (Å²) in [4.78, 5) is 0. The van der Waals surface area contributed by atoms with Crippen LogP contribution in [-0.4, -0.2) is 9.13 Å². The first kappa shape index (κ1) is 31.7. The van der Waals surface area contributed by atoms with Gasteiger partial charge in [-0.05, 0) is 88.5 Å². The summed E-state index contributed by atoms with van der Waals surface area (Å²) in [6.45, 7) is 0. The second kappa shape index (κ2) is 12.5. The van der Waals surface area contributed by atoms with E-state index in [9.17, 15) is 0 Å². The van der Waals surface area contributed by atoms with Crippen LogP contribution in [0.25, 0.3) is 110 Å². The highest BCUT2D eigenvalue weighted by Gasteiger charge is 2.21. The number of benzene rings is 9. The van der Waals surface area contributed by atoms with E-state index in [2.05, 4.69) is 209 Å². The van der Waals surface area contributed by atoms with E-state index in [1.165, 1.54) is 60.3 Å². The van der Waals surface area contributed by atoms with E-state index in [-0.39, 0.29) is 0 Å². The molecule has 0 aliphatic rings. The molecule has 0 aliphatic carbocycles. The second-order valence-electron chi connectivity index (χ2n) is 14.9. The smallest absolute Gasteiger partial charge is 0.145 e. The normalized spacial score (nSPS) is 11.9. The molecule has 0 saturated carbocycles. The maximum atomic E-state index is 6.69. The van der Waals surface area contributed by atoms with E-state index < -0.39 is 0 Å². The Hall–Kier alpha value is -7.62. The number of hydrogen-bond donors (Lipinski definition) is 0. The van der Waals surface area contributed by atoms with Crippen molar-refractivity contribution >= 4 is 65.6 Å². The van der Waals surface area contributed by atoms with Gasteiger partial charge in [0.2, 0.25) is 0 Å². The quantitative estimate of drug-likeness (QED) is 0.173. The van der Waals surface area contributed by atoms with Crippen LogP contribution in [0.4, 0.5) is 0 Å². The highest BCUT2D eigenvalue weighted by Crippen LogP contribution is 2.43. The molecule has 0 amide bonds. The SMILES string of the molecule is c1ccc(-c2ccc(-n3c4ccccc4c4ccc(-c5ccc6c(c5)c5ccccc5n6-c5ccc(-c6ccccc6)c6oc7ccccc7c56)cc43)cc2)cc1. The van der Waals surface area contributed by atoms with Gasteiger partial charge in [0.25, 0.3) is 0 Å². The minimum Gasteiger partial charge on any atom is -0.455 e. The Labute approximate surface area is 328 Å². The first-order chi connectivity index (χ1) is 28.3. The summed E-state index contributed by atoms with van der Waals surface area (Å²) in [5.74, 6) is 0. The zero-order chi connectivity index (χ0) is 37.5. The third-order valence-electron chi connectivity index (χ3n) is 11.7. The fourth-order valence-electron chi connectivity index (χ4n) is 9.12. The summed E-state index contributed by atoms with van der Waals surface area (Å²) in [5, 5.41) is 7.16. The monoisotopic (exact) mass is 726 g/mol. The fourth-order valence-corrected chi connectivity index (χ4v) is 9.12. The Balaban J connectivity index is 1.05. The second-order valence-corrected chi connectivity index (χ2v) is 14.9. The van der Waals surface area contributed by atoms with Crippen molar-refractivity contribution in [1.82, 2.24) is 9.13 Å². The predicted octanol–water partition coefficient (Wildman–Crippen LogP) is 14.8. The van der Waals surface area contributed by atoms with Crippen molar-refractivity contribution in [2.24, 2.45) is 0 Å². The van der Waals surface area contributed by atoms with E-state index in [1.807, 2.05) is 6.07 Å². The molecule has 0 aliphatic heterocycles. The Morgan fingerprint density at radius 2 is 0.860 bits per heavy atom. The first-order valence-electron chi connectivity index (χ1n) is 19.5. The molecule has 3 nitrogen and oxygen atoms in total. The van der Waals surface area contributed by atoms with Gasteiger partial charge >= 0.3 is 0 Å². The van der Waals surface area contributed by atoms with Crippen molar-refractivity contribution in [3.63, 3.8) is 0 Å². The number of fused-ring (bicyclic) bond motifs is 9. The zero-order valence-corrected chi connectivity index (χ0v) is 30.9. The van der Waals surface area contributed by atoms with E-state index in [0.717, 1.165) is 50.0 Å². The van der Waals surface area contributed by atoms with Gasteiger partial charge in [0.1, 0.15) is 11.2 Å². The van der Waals surface area contributed by atoms with Crippen LogP contribution in [0.3, 0.4) is 0 Å². The van der Waals surface area contributed by atoms with Crippen molar-refractivity contribution in [1.29, 1.82) is 0 Å². The molecule has 9 aromatic carbocycles. The zero-order valence-electron chi connectivity index (χ0n) is 30.9. The molecule has 266 valence electrons. The molecule has 12 aromatic rings. The van der Waals surface area contributed by atoms with Gasteiger partial charge in [-0.25, -0.2) is 0 Å². The van der Waals surface area contributed by atoms with Crippen molar-refractivity contribution in [2.45, 2.75) is 0 Å². The minimum atomic E-state index is 0.889. The fraction of sp³-hybridized carbons (Fsp3) is 0. The van der Waals surface area contributed by atoms with Crippen LogP contribution in [0.2, 0.25) is 0 Å². The molecule has 0 unspecified atom stereocenters. The molecule has 0 bridgehead atoms. The van der Waals surface area contributed by atoms with Crippen molar-refractivity contribution in [2.75, 3.05) is 0 Å². The largest absolute Gasteiger partial charge is 0.455 e. The molecule has 0 atom stereocenters. The van der Waals surface area contributed by atoms with Crippen LogP contribution in [0, 0.1) is 0 Å². The summed E-state index contributed by atoms with van der Waals surface area (Å²) < 4.78 is 11.5. The molecular formula is C54H34N2O. The lowest BCUT2D eigenvalue weighted by atomic mass is 10.0. The van der Waals surface area contributed by atoms with Crippen molar-refractivity contribution < 1.29 is 4.42 Å². The Morgan fingerprint density at radius 3 is 1.63 bits per heavy atom. The summed E-state index contributed by atoms with van der Waals surface area (Å²) in [6.07, 6.45) is 0. The van der Waals surface area contributed by atoms with E-state index in [1.54, 1.807) is 0 Å². The van der Waals surface area contributed by atoms with Crippen LogP contribution in [0.1, 0.15) is 0 Å². The minimum absolute atomic E-state index is 0.889. The third kappa shape index (κ3) is 4.86. The van der Waals surface area contributed by atoms with Gasteiger partial charge in [0, 0.05) is 38.2 Å². The average molecular weight is 727 g/mol. The van der Waals surface area contributed by atoms with Gasteiger partial charge < -0.3 is 13.6 Å². The van der Waals surface area contributed by atoms with Gasteiger partial charge in [0.05, 0.1) is 33.1 Å². The van der Waals surface area contributed by atoms with Crippen LogP contribution in [-0.2, 0) is 0 Å². The van der Waals surface area contributed by atoms with E-state index in [0.29, 0.717) is 0 Å². The number of furan rings is 1. The van der Waals surface area contributed by atoms with Gasteiger partial charge in [0.15, 0.2) is 0 Å². The van der Waals surface area contributed by atoms with Crippen LogP contribution in [0.15, 0.2) is 211 Å². The molecule has 3 heterocycles. The van der Waals surface area contributed by atoms with Crippen LogP contribution < -0.4 is 0 Å². The van der Waals surface area contributed by atoms with Gasteiger partial charge in [-0.2, -0.15) is 0 Å². The summed E-state index contributed by atoms with van der Waals surface area (Å²) in [7, 11) is 0. The lowest BCUT2D eigenvalue weighted by molar-refractivity contribution is 0.670. The highest BCUT2D eigenvalue weighted by atomic mass is 16.3.